The van der Waals surface area contributed by atoms with E-state index < -0.39 is 0 Å². The van der Waals surface area contributed by atoms with Crippen LogP contribution in [0, 0.1) is 12.8 Å². The second-order valence-corrected chi connectivity index (χ2v) is 5.25. The summed E-state index contributed by atoms with van der Waals surface area (Å²) in [6.45, 7) is 4.32. The number of rotatable bonds is 9. The molecule has 0 fully saturated rings. The zero-order valence-electron chi connectivity index (χ0n) is 11.3. The summed E-state index contributed by atoms with van der Waals surface area (Å²) in [5.41, 5.74) is 2.74. The van der Waals surface area contributed by atoms with Crippen LogP contribution in [0.15, 0.2) is 24.3 Å². The second kappa shape index (κ2) is 9.54. The number of benzene rings is 1. The van der Waals surface area contributed by atoms with Gasteiger partial charge in [0, 0.05) is 19.0 Å². The highest BCUT2D eigenvalue weighted by atomic mass is 79.9. The third-order valence-electron chi connectivity index (χ3n) is 2.93. The summed E-state index contributed by atoms with van der Waals surface area (Å²) in [5.74, 6) is 0.634. The van der Waals surface area contributed by atoms with Gasteiger partial charge in [0.05, 0.1) is 13.2 Å². The Balaban J connectivity index is 2.28. The zero-order chi connectivity index (χ0) is 13.2. The van der Waals surface area contributed by atoms with E-state index in [9.17, 15) is 0 Å². The third kappa shape index (κ3) is 6.53. The number of halogens is 1. The van der Waals surface area contributed by atoms with Crippen LogP contribution in [0.2, 0.25) is 0 Å². The fourth-order valence-electron chi connectivity index (χ4n) is 1.90. The molecule has 0 N–H and O–H groups in total. The lowest BCUT2D eigenvalue weighted by Gasteiger charge is -2.14. The standard InChI is InChI=1S/C15H23BrO2/c1-13-4-3-5-14(10-13)11-15(12-16)6-7-18-9-8-17-2/h3-5,10,15H,6-9,11-12H2,1-2H3. The Kier molecular flexibility index (Phi) is 8.31. The highest BCUT2D eigenvalue weighted by molar-refractivity contribution is 9.09. The van der Waals surface area contributed by atoms with E-state index in [-0.39, 0.29) is 0 Å². The molecule has 0 aliphatic heterocycles. The Bertz CT molecular complexity index is 328. The number of ether oxygens (including phenoxy) is 2. The largest absolute Gasteiger partial charge is 0.382 e. The van der Waals surface area contributed by atoms with Gasteiger partial charge in [0.1, 0.15) is 0 Å². The van der Waals surface area contributed by atoms with E-state index >= 15 is 0 Å². The molecule has 1 aromatic carbocycles. The number of alkyl halides is 1. The molecule has 0 aliphatic carbocycles. The van der Waals surface area contributed by atoms with Crippen molar-refractivity contribution < 1.29 is 9.47 Å². The molecule has 1 rings (SSSR count). The summed E-state index contributed by atoms with van der Waals surface area (Å²) in [6.07, 6.45) is 2.20. The molecule has 0 saturated carbocycles. The van der Waals surface area contributed by atoms with Crippen LogP contribution in [0.4, 0.5) is 0 Å². The average molecular weight is 315 g/mol. The van der Waals surface area contributed by atoms with Crippen LogP contribution >= 0.6 is 15.9 Å². The highest BCUT2D eigenvalue weighted by Crippen LogP contribution is 2.16. The van der Waals surface area contributed by atoms with Gasteiger partial charge in [-0.1, -0.05) is 45.8 Å². The minimum Gasteiger partial charge on any atom is -0.382 e. The summed E-state index contributed by atoms with van der Waals surface area (Å²) in [4.78, 5) is 0. The lowest BCUT2D eigenvalue weighted by atomic mass is 9.97. The van der Waals surface area contributed by atoms with Crippen molar-refractivity contribution in [3.63, 3.8) is 0 Å². The molecule has 3 heteroatoms. The van der Waals surface area contributed by atoms with Gasteiger partial charge >= 0.3 is 0 Å². The molecule has 0 heterocycles. The van der Waals surface area contributed by atoms with E-state index in [1.165, 1.54) is 11.1 Å². The van der Waals surface area contributed by atoms with E-state index in [0.717, 1.165) is 24.8 Å². The highest BCUT2D eigenvalue weighted by Gasteiger charge is 2.08. The molecule has 1 unspecified atom stereocenters. The molecule has 0 saturated heterocycles. The zero-order valence-corrected chi connectivity index (χ0v) is 12.9. The van der Waals surface area contributed by atoms with Gasteiger partial charge in [0.25, 0.3) is 0 Å². The number of aryl methyl sites for hydroxylation is 1. The van der Waals surface area contributed by atoms with Crippen LogP contribution in [0.25, 0.3) is 0 Å². The summed E-state index contributed by atoms with van der Waals surface area (Å²) >= 11 is 3.59. The molecular weight excluding hydrogens is 292 g/mol. The number of methoxy groups -OCH3 is 1. The van der Waals surface area contributed by atoms with Gasteiger partial charge in [-0.25, -0.2) is 0 Å². The molecule has 0 aliphatic rings. The van der Waals surface area contributed by atoms with E-state index in [1.807, 2.05) is 0 Å². The summed E-state index contributed by atoms with van der Waals surface area (Å²) in [6, 6.07) is 8.74. The topological polar surface area (TPSA) is 18.5 Å². The SMILES string of the molecule is COCCOCCC(CBr)Cc1cccc(C)c1. The maximum absolute atomic E-state index is 5.52. The molecule has 0 radical (unpaired) electrons. The van der Waals surface area contributed by atoms with E-state index in [1.54, 1.807) is 7.11 Å². The molecule has 0 spiro atoms. The molecule has 102 valence electrons. The summed E-state index contributed by atoms with van der Waals surface area (Å²) in [5, 5.41) is 1.02. The predicted molar refractivity (Wildman–Crippen MR) is 79.5 cm³/mol. The van der Waals surface area contributed by atoms with Gasteiger partial charge in [-0.15, -0.1) is 0 Å². The Morgan fingerprint density at radius 3 is 2.72 bits per heavy atom. The van der Waals surface area contributed by atoms with Crippen molar-refractivity contribution in [2.75, 3.05) is 32.3 Å². The summed E-state index contributed by atoms with van der Waals surface area (Å²) < 4.78 is 10.5. The number of hydrogen-bond acceptors (Lipinski definition) is 2. The van der Waals surface area contributed by atoms with Crippen molar-refractivity contribution in [2.45, 2.75) is 19.8 Å². The van der Waals surface area contributed by atoms with Crippen LogP contribution in [0.1, 0.15) is 17.5 Å². The van der Waals surface area contributed by atoms with Crippen LogP contribution in [-0.2, 0) is 15.9 Å². The van der Waals surface area contributed by atoms with Crippen molar-refractivity contribution in [3.8, 4) is 0 Å². The Labute approximate surface area is 119 Å². The molecule has 1 atom stereocenters. The van der Waals surface area contributed by atoms with Gasteiger partial charge in [-0.3, -0.25) is 0 Å². The fraction of sp³-hybridized carbons (Fsp3) is 0.600. The Hall–Kier alpha value is -0.380. The maximum atomic E-state index is 5.52. The lowest BCUT2D eigenvalue weighted by Crippen LogP contribution is -2.11. The van der Waals surface area contributed by atoms with Crippen LogP contribution in [0.3, 0.4) is 0 Å². The summed E-state index contributed by atoms with van der Waals surface area (Å²) in [7, 11) is 1.70. The van der Waals surface area contributed by atoms with Crippen molar-refractivity contribution >= 4 is 15.9 Å². The van der Waals surface area contributed by atoms with E-state index in [4.69, 9.17) is 9.47 Å². The third-order valence-corrected chi connectivity index (χ3v) is 3.84. The minimum atomic E-state index is 0.634. The van der Waals surface area contributed by atoms with Gasteiger partial charge in [-0.05, 0) is 31.2 Å². The van der Waals surface area contributed by atoms with Crippen molar-refractivity contribution in [1.29, 1.82) is 0 Å². The van der Waals surface area contributed by atoms with Crippen LogP contribution in [0.5, 0.6) is 0 Å². The van der Waals surface area contributed by atoms with Crippen LogP contribution in [-0.4, -0.2) is 32.3 Å². The van der Waals surface area contributed by atoms with Gasteiger partial charge < -0.3 is 9.47 Å². The molecular formula is C15H23BrO2. The average Bonchev–Trinajstić information content (AvgIpc) is 2.37. The van der Waals surface area contributed by atoms with Gasteiger partial charge in [0.2, 0.25) is 0 Å². The minimum absolute atomic E-state index is 0.634. The van der Waals surface area contributed by atoms with Crippen molar-refractivity contribution in [3.05, 3.63) is 35.4 Å². The molecule has 0 aromatic heterocycles. The van der Waals surface area contributed by atoms with Crippen LogP contribution < -0.4 is 0 Å². The molecule has 18 heavy (non-hydrogen) atoms. The van der Waals surface area contributed by atoms with Crippen molar-refractivity contribution in [1.82, 2.24) is 0 Å². The first kappa shape index (κ1) is 15.7. The first-order valence-corrected chi connectivity index (χ1v) is 7.56. The first-order chi connectivity index (χ1) is 8.76. The van der Waals surface area contributed by atoms with Crippen molar-refractivity contribution in [2.24, 2.45) is 5.92 Å². The van der Waals surface area contributed by atoms with E-state index in [2.05, 4.69) is 47.1 Å². The Morgan fingerprint density at radius 1 is 1.22 bits per heavy atom. The lowest BCUT2D eigenvalue weighted by molar-refractivity contribution is 0.0648. The smallest absolute Gasteiger partial charge is 0.0700 e. The normalized spacial score (nSPS) is 12.6. The molecule has 0 amide bonds. The molecule has 0 bridgehead atoms. The predicted octanol–water partition coefficient (Wildman–Crippen LogP) is 3.60. The first-order valence-electron chi connectivity index (χ1n) is 6.44. The quantitative estimate of drug-likeness (QED) is 0.512. The Morgan fingerprint density at radius 2 is 2.06 bits per heavy atom. The monoisotopic (exact) mass is 314 g/mol. The van der Waals surface area contributed by atoms with Gasteiger partial charge in [-0.2, -0.15) is 0 Å². The maximum Gasteiger partial charge on any atom is 0.0700 e. The van der Waals surface area contributed by atoms with Gasteiger partial charge in [0.15, 0.2) is 0 Å². The molecule has 1 aromatic rings. The second-order valence-electron chi connectivity index (χ2n) is 4.61. The molecule has 2 nitrogen and oxygen atoms in total. The number of hydrogen-bond donors (Lipinski definition) is 0. The fourth-order valence-corrected chi connectivity index (χ4v) is 2.45. The van der Waals surface area contributed by atoms with E-state index in [0.29, 0.717) is 19.1 Å².